The Bertz CT molecular complexity index is 1930. The van der Waals surface area contributed by atoms with Crippen LogP contribution in [0, 0.1) is 0 Å². The summed E-state index contributed by atoms with van der Waals surface area (Å²) < 4.78 is 10.8. The second-order valence-corrected chi connectivity index (χ2v) is 25.7. The topological polar surface area (TPSA) is 72.8 Å². The van der Waals surface area contributed by atoms with Gasteiger partial charge in [0, 0.05) is 12.8 Å². The van der Waals surface area contributed by atoms with E-state index in [4.69, 9.17) is 9.47 Å². The van der Waals surface area contributed by atoms with Crippen LogP contribution in [0.5, 0.6) is 0 Å². The Kier molecular flexibility index (Phi) is 76.8. The first-order valence-corrected chi connectivity index (χ1v) is 39.0. The number of hydrogen-bond donors (Lipinski definition) is 1. The first-order valence-electron chi connectivity index (χ1n) is 39.0. The van der Waals surface area contributed by atoms with E-state index < -0.39 is 6.10 Å². The molecule has 0 heterocycles. The van der Waals surface area contributed by atoms with Gasteiger partial charge in [-0.1, -0.05) is 384 Å². The van der Waals surface area contributed by atoms with E-state index in [1.54, 1.807) is 0 Å². The molecule has 0 aromatic heterocycles. The van der Waals surface area contributed by atoms with Crippen molar-refractivity contribution in [2.45, 2.75) is 367 Å². The third-order valence-corrected chi connectivity index (χ3v) is 16.8. The molecule has 5 heteroatoms. The molecule has 1 unspecified atom stereocenters. The van der Waals surface area contributed by atoms with Gasteiger partial charge in [-0.25, -0.2) is 0 Å². The van der Waals surface area contributed by atoms with Crippen LogP contribution in [0.25, 0.3) is 0 Å². The van der Waals surface area contributed by atoms with Crippen molar-refractivity contribution in [2.24, 2.45) is 0 Å². The van der Waals surface area contributed by atoms with Crippen LogP contribution < -0.4 is 0 Å². The minimum atomic E-state index is -0.782. The first-order chi connectivity index (χ1) is 45.6. The summed E-state index contributed by atoms with van der Waals surface area (Å²) in [5.41, 5.74) is 0. The molecular formula is C87H146O5. The molecule has 0 aliphatic carbocycles. The molecule has 0 saturated carbocycles. The molecule has 0 rings (SSSR count). The highest BCUT2D eigenvalue weighted by Crippen LogP contribution is 2.18. The number of aliphatic hydroxyl groups is 1. The average Bonchev–Trinajstić information content (AvgIpc) is 3.70. The molecule has 0 aliphatic heterocycles. The molecule has 0 fully saturated rings. The van der Waals surface area contributed by atoms with E-state index in [1.807, 2.05) is 0 Å². The molecule has 0 spiro atoms. The molecule has 524 valence electrons. The molecular weight excluding hydrogens is 1120 g/mol. The average molecular weight is 1270 g/mol. The standard InChI is InChI=1S/C87H146O5/c1-3-5-7-9-11-13-15-17-19-21-23-25-27-29-31-33-35-37-39-41-42-43-44-46-47-49-51-53-55-57-59-61-63-65-67-69-71-73-75-77-79-81-86(89)91-84-85(83-88)92-87(90)82-80-78-76-74-72-70-68-66-64-62-60-58-56-54-52-50-48-45-40-38-36-34-32-30-28-26-24-22-20-18-16-14-12-10-8-6-4-2/h5-8,11-14,17-20,23-26,29-32,36,38,45,48,52,54,85,88H,3-4,9-10,15-16,21-22,27-28,33-35,37,39-44,46-47,49-51,53,55-84H2,1-2H3/b7-5-,8-6-,13-11-,14-12-,19-17-,20-18-,25-23-,26-24-,31-29-,32-30-,38-36-,48-45-,54-52-. The SMILES string of the molecule is CC/C=C\C/C=C\C/C=C\C/C=C\C/C=C\C/C=C\C/C=C\C/C=C\CCCCCCCCCCCCCCC(=O)OC(CO)COC(=O)CCCCCCCCCCCCCCCCCCCCCCCCCCC/C=C\C/C=C\C/C=C\C/C=C\C/C=C\CC. The minimum Gasteiger partial charge on any atom is -0.462 e. The van der Waals surface area contributed by atoms with Crippen LogP contribution in [0.1, 0.15) is 361 Å². The number of esters is 2. The lowest BCUT2D eigenvalue weighted by molar-refractivity contribution is -0.161. The van der Waals surface area contributed by atoms with Crippen LogP contribution >= 0.6 is 0 Å². The Morgan fingerprint density at radius 3 is 0.652 bits per heavy atom. The lowest BCUT2D eigenvalue weighted by Crippen LogP contribution is -2.28. The summed E-state index contributed by atoms with van der Waals surface area (Å²) in [5, 5.41) is 9.73. The largest absolute Gasteiger partial charge is 0.462 e. The van der Waals surface area contributed by atoms with Gasteiger partial charge >= 0.3 is 11.9 Å². The van der Waals surface area contributed by atoms with Gasteiger partial charge in [0.1, 0.15) is 6.61 Å². The fourth-order valence-electron chi connectivity index (χ4n) is 11.1. The minimum absolute atomic E-state index is 0.0693. The molecule has 1 atom stereocenters. The van der Waals surface area contributed by atoms with Crippen LogP contribution in [-0.2, 0) is 19.1 Å². The van der Waals surface area contributed by atoms with Gasteiger partial charge in [0.2, 0.25) is 0 Å². The molecule has 92 heavy (non-hydrogen) atoms. The van der Waals surface area contributed by atoms with E-state index in [1.165, 1.54) is 212 Å². The highest BCUT2D eigenvalue weighted by atomic mass is 16.6. The van der Waals surface area contributed by atoms with Gasteiger partial charge in [-0.3, -0.25) is 9.59 Å². The van der Waals surface area contributed by atoms with Gasteiger partial charge in [-0.2, -0.15) is 0 Å². The van der Waals surface area contributed by atoms with Crippen molar-refractivity contribution in [2.75, 3.05) is 13.2 Å². The first kappa shape index (κ1) is 87.5. The Hall–Kier alpha value is -4.48. The number of allylic oxidation sites excluding steroid dienone is 26. The number of carbonyl (C=O) groups is 2. The van der Waals surface area contributed by atoms with Gasteiger partial charge in [0.05, 0.1) is 6.61 Å². The van der Waals surface area contributed by atoms with Crippen molar-refractivity contribution >= 4 is 11.9 Å². The molecule has 0 aromatic rings. The highest BCUT2D eigenvalue weighted by Gasteiger charge is 2.16. The lowest BCUT2D eigenvalue weighted by Gasteiger charge is -2.15. The van der Waals surface area contributed by atoms with E-state index in [9.17, 15) is 14.7 Å². The van der Waals surface area contributed by atoms with Crippen molar-refractivity contribution in [3.63, 3.8) is 0 Å². The van der Waals surface area contributed by atoms with Crippen LogP contribution in [0.2, 0.25) is 0 Å². The summed E-state index contributed by atoms with van der Waals surface area (Å²) in [7, 11) is 0. The zero-order chi connectivity index (χ0) is 66.1. The van der Waals surface area contributed by atoms with Crippen molar-refractivity contribution < 1.29 is 24.2 Å². The van der Waals surface area contributed by atoms with Gasteiger partial charge in [0.25, 0.3) is 0 Å². The molecule has 5 nitrogen and oxygen atoms in total. The summed E-state index contributed by atoms with van der Waals surface area (Å²) in [6.45, 7) is 3.94. The van der Waals surface area contributed by atoms with E-state index >= 15 is 0 Å². The summed E-state index contributed by atoms with van der Waals surface area (Å²) >= 11 is 0. The van der Waals surface area contributed by atoms with Crippen LogP contribution in [0.3, 0.4) is 0 Å². The monoisotopic (exact) mass is 1270 g/mol. The predicted molar refractivity (Wildman–Crippen MR) is 407 cm³/mol. The second kappa shape index (κ2) is 80.8. The van der Waals surface area contributed by atoms with Gasteiger partial charge in [0.15, 0.2) is 6.10 Å². The summed E-state index contributed by atoms with van der Waals surface area (Å²) in [5.74, 6) is -0.584. The Labute approximate surface area is 571 Å². The third kappa shape index (κ3) is 78.0. The maximum Gasteiger partial charge on any atom is 0.306 e. The maximum atomic E-state index is 12.4. The fraction of sp³-hybridized carbons (Fsp3) is 0.678. The van der Waals surface area contributed by atoms with E-state index in [-0.39, 0.29) is 25.2 Å². The molecule has 0 saturated heterocycles. The predicted octanol–water partition coefficient (Wildman–Crippen LogP) is 27.8. The number of ether oxygens (including phenoxy) is 2. The van der Waals surface area contributed by atoms with Crippen molar-refractivity contribution in [1.29, 1.82) is 0 Å². The second-order valence-electron chi connectivity index (χ2n) is 25.7. The molecule has 1 N–H and O–H groups in total. The van der Waals surface area contributed by atoms with Gasteiger partial charge in [-0.15, -0.1) is 0 Å². The van der Waals surface area contributed by atoms with Crippen LogP contribution in [0.4, 0.5) is 0 Å². The van der Waals surface area contributed by atoms with E-state index in [2.05, 4.69) is 172 Å². The van der Waals surface area contributed by atoms with Crippen molar-refractivity contribution in [3.05, 3.63) is 158 Å². The Balaban J connectivity index is 3.46. The number of hydrogen-bond acceptors (Lipinski definition) is 5. The normalized spacial score (nSPS) is 13.1. The van der Waals surface area contributed by atoms with Crippen molar-refractivity contribution in [3.8, 4) is 0 Å². The van der Waals surface area contributed by atoms with Gasteiger partial charge in [-0.05, 0) is 122 Å². The summed E-state index contributed by atoms with van der Waals surface area (Å²) in [6, 6.07) is 0. The fourth-order valence-corrected chi connectivity index (χ4v) is 11.1. The molecule has 0 aliphatic rings. The molecule has 0 bridgehead atoms. The summed E-state index contributed by atoms with van der Waals surface area (Å²) in [4.78, 5) is 24.7. The van der Waals surface area contributed by atoms with E-state index in [0.717, 1.165) is 122 Å². The molecule has 0 radical (unpaired) electrons. The molecule has 0 amide bonds. The number of rotatable bonds is 71. The zero-order valence-electron chi connectivity index (χ0n) is 60.3. The number of unbranched alkanes of at least 4 members (excludes halogenated alkanes) is 37. The molecule has 0 aromatic carbocycles. The smallest absolute Gasteiger partial charge is 0.306 e. The summed E-state index contributed by atoms with van der Waals surface area (Å²) in [6.07, 6.45) is 123. The van der Waals surface area contributed by atoms with Crippen LogP contribution in [-0.4, -0.2) is 36.4 Å². The lowest BCUT2D eigenvalue weighted by atomic mass is 10.0. The maximum absolute atomic E-state index is 12.4. The number of carbonyl (C=O) groups excluding carboxylic acids is 2. The third-order valence-electron chi connectivity index (χ3n) is 16.8. The zero-order valence-corrected chi connectivity index (χ0v) is 60.3. The highest BCUT2D eigenvalue weighted by molar-refractivity contribution is 5.70. The Morgan fingerprint density at radius 2 is 0.435 bits per heavy atom. The Morgan fingerprint density at radius 1 is 0.250 bits per heavy atom. The number of aliphatic hydroxyl groups excluding tert-OH is 1. The van der Waals surface area contributed by atoms with Gasteiger partial charge < -0.3 is 14.6 Å². The quantitative estimate of drug-likeness (QED) is 0.0373. The van der Waals surface area contributed by atoms with Crippen LogP contribution in [0.15, 0.2) is 158 Å². The van der Waals surface area contributed by atoms with Crippen molar-refractivity contribution in [1.82, 2.24) is 0 Å². The van der Waals surface area contributed by atoms with E-state index in [0.29, 0.717) is 12.8 Å².